The Morgan fingerprint density at radius 3 is 2.24 bits per heavy atom. The summed E-state index contributed by atoms with van der Waals surface area (Å²) in [6, 6.07) is 34.1. The molecular formula is C36H35NO3S2. The number of thiazole rings is 1. The van der Waals surface area contributed by atoms with Gasteiger partial charge in [-0.3, -0.25) is 0 Å². The molecule has 0 bridgehead atoms. The van der Waals surface area contributed by atoms with Gasteiger partial charge in [0, 0.05) is 20.6 Å². The molecule has 42 heavy (non-hydrogen) atoms. The first-order valence-corrected chi connectivity index (χ1v) is 15.8. The van der Waals surface area contributed by atoms with Gasteiger partial charge in [-0.15, -0.1) is 23.1 Å². The fourth-order valence-corrected chi connectivity index (χ4v) is 7.37. The summed E-state index contributed by atoms with van der Waals surface area (Å²) < 4.78 is 10.7. The van der Waals surface area contributed by atoms with Crippen molar-refractivity contribution in [2.45, 2.75) is 44.3 Å². The van der Waals surface area contributed by atoms with Gasteiger partial charge in [0.1, 0.15) is 10.8 Å². The van der Waals surface area contributed by atoms with Gasteiger partial charge in [0.15, 0.2) is 6.61 Å². The lowest BCUT2D eigenvalue weighted by Gasteiger charge is -2.18. The molecule has 5 rings (SSSR count). The number of rotatable bonds is 11. The minimum absolute atomic E-state index is 0.0926. The van der Waals surface area contributed by atoms with Gasteiger partial charge in [0.05, 0.1) is 12.3 Å². The third-order valence-electron chi connectivity index (χ3n) is 6.98. The fourth-order valence-electron chi connectivity index (χ4n) is 4.75. The van der Waals surface area contributed by atoms with Crippen LogP contribution in [-0.4, -0.2) is 24.2 Å². The molecule has 0 N–H and O–H groups in total. The molecule has 6 heteroatoms. The number of carbonyl (C=O) groups is 1. The number of aryl methyl sites for hydroxylation is 3. The quantitative estimate of drug-likeness (QED) is 0.113. The largest absolute Gasteiger partial charge is 0.482 e. The maximum absolute atomic E-state index is 11.8. The number of hydrogen-bond acceptors (Lipinski definition) is 6. The molecule has 0 radical (unpaired) electrons. The molecule has 1 heterocycles. The summed E-state index contributed by atoms with van der Waals surface area (Å²) >= 11 is 3.62. The molecular weight excluding hydrogens is 559 g/mol. The highest BCUT2D eigenvalue weighted by Gasteiger charge is 2.22. The summed E-state index contributed by atoms with van der Waals surface area (Å²) in [5.74, 6) is 0.329. The Kier molecular flexibility index (Phi) is 9.78. The van der Waals surface area contributed by atoms with Crippen molar-refractivity contribution in [3.05, 3.63) is 124 Å². The van der Waals surface area contributed by atoms with Gasteiger partial charge in [-0.05, 0) is 74.6 Å². The van der Waals surface area contributed by atoms with E-state index in [1.807, 2.05) is 30.8 Å². The van der Waals surface area contributed by atoms with Crippen LogP contribution in [-0.2, 0) is 16.0 Å². The topological polar surface area (TPSA) is 48.4 Å². The van der Waals surface area contributed by atoms with Crippen molar-refractivity contribution in [3.8, 4) is 27.4 Å². The summed E-state index contributed by atoms with van der Waals surface area (Å²) in [7, 11) is 0. The maximum atomic E-state index is 11.8. The van der Waals surface area contributed by atoms with Crippen molar-refractivity contribution >= 4 is 29.1 Å². The van der Waals surface area contributed by atoms with Gasteiger partial charge >= 0.3 is 5.97 Å². The van der Waals surface area contributed by atoms with Crippen LogP contribution in [0.25, 0.3) is 21.7 Å². The molecule has 1 aromatic heterocycles. The number of carbonyl (C=O) groups excluding carboxylic acids is 1. The molecule has 0 spiro atoms. The number of hydrogen-bond donors (Lipinski definition) is 0. The number of benzene rings is 4. The second-order valence-corrected chi connectivity index (χ2v) is 12.5. The molecule has 0 aliphatic carbocycles. The zero-order chi connectivity index (χ0) is 29.5. The molecule has 4 nitrogen and oxygen atoms in total. The summed E-state index contributed by atoms with van der Waals surface area (Å²) in [4.78, 5) is 19.2. The van der Waals surface area contributed by atoms with Crippen LogP contribution in [0.2, 0.25) is 0 Å². The summed E-state index contributed by atoms with van der Waals surface area (Å²) in [5, 5.41) is 1.22. The van der Waals surface area contributed by atoms with Crippen LogP contribution in [0.15, 0.2) is 102 Å². The molecule has 1 atom stereocenters. The van der Waals surface area contributed by atoms with Gasteiger partial charge in [-0.25, -0.2) is 9.78 Å². The average molecular weight is 594 g/mol. The Bertz CT molecular complexity index is 1630. The number of thioether (sulfide) groups is 1. The smallest absolute Gasteiger partial charge is 0.344 e. The van der Waals surface area contributed by atoms with Crippen LogP contribution >= 0.6 is 23.1 Å². The Hall–Kier alpha value is -3.87. The zero-order valence-corrected chi connectivity index (χ0v) is 26.1. The molecule has 0 amide bonds. The summed E-state index contributed by atoms with van der Waals surface area (Å²) in [6.07, 6.45) is 0.871. The first kappa shape index (κ1) is 29.6. The van der Waals surface area contributed by atoms with E-state index in [-0.39, 0.29) is 17.8 Å². The molecule has 5 aromatic rings. The number of ether oxygens (including phenoxy) is 2. The molecule has 4 aromatic carbocycles. The third kappa shape index (κ3) is 7.50. The summed E-state index contributed by atoms with van der Waals surface area (Å²) in [6.45, 7) is 8.27. The van der Waals surface area contributed by atoms with E-state index in [2.05, 4.69) is 98.8 Å². The van der Waals surface area contributed by atoms with Crippen LogP contribution < -0.4 is 4.74 Å². The molecule has 214 valence electrons. The fraction of sp³-hybridized carbons (Fsp3) is 0.222. The third-order valence-corrected chi connectivity index (χ3v) is 9.66. The van der Waals surface area contributed by atoms with E-state index in [0.29, 0.717) is 12.4 Å². The van der Waals surface area contributed by atoms with Crippen molar-refractivity contribution in [3.63, 3.8) is 0 Å². The predicted octanol–water partition coefficient (Wildman–Crippen LogP) is 9.42. The Morgan fingerprint density at radius 1 is 0.857 bits per heavy atom. The number of nitrogens with zero attached hydrogens (tertiary/aromatic N) is 1. The average Bonchev–Trinajstić information content (AvgIpc) is 3.39. The van der Waals surface area contributed by atoms with E-state index < -0.39 is 0 Å². The van der Waals surface area contributed by atoms with Crippen LogP contribution in [0.5, 0.6) is 5.75 Å². The van der Waals surface area contributed by atoms with Crippen molar-refractivity contribution < 1.29 is 14.3 Å². The molecule has 0 saturated heterocycles. The van der Waals surface area contributed by atoms with Crippen LogP contribution in [0.4, 0.5) is 0 Å². The highest BCUT2D eigenvalue weighted by atomic mass is 32.2. The van der Waals surface area contributed by atoms with Crippen molar-refractivity contribution in [1.29, 1.82) is 0 Å². The first-order valence-electron chi connectivity index (χ1n) is 14.1. The number of aromatic nitrogens is 1. The lowest BCUT2D eigenvalue weighted by atomic mass is 10.0. The maximum Gasteiger partial charge on any atom is 0.344 e. The Balaban J connectivity index is 1.41. The molecule has 1 unspecified atom stereocenters. The SMILES string of the molecule is CCOC(=O)COc1ccc(SC(Cc2ccc(-c3ccccc3)cc2)c2sc(-c3ccc(C)cc3)nc2C)cc1C. The van der Waals surface area contributed by atoms with E-state index >= 15 is 0 Å². The lowest BCUT2D eigenvalue weighted by molar-refractivity contribution is -0.145. The lowest BCUT2D eigenvalue weighted by Crippen LogP contribution is -2.14. The van der Waals surface area contributed by atoms with Gasteiger partial charge in [0.2, 0.25) is 0 Å². The Morgan fingerprint density at radius 2 is 1.55 bits per heavy atom. The monoisotopic (exact) mass is 593 g/mol. The van der Waals surface area contributed by atoms with E-state index in [1.165, 1.54) is 27.1 Å². The zero-order valence-electron chi connectivity index (χ0n) is 24.4. The Labute approximate surface area is 256 Å². The number of esters is 1. The van der Waals surface area contributed by atoms with E-state index in [9.17, 15) is 4.79 Å². The minimum Gasteiger partial charge on any atom is -0.482 e. The van der Waals surface area contributed by atoms with Crippen LogP contribution in [0.1, 0.15) is 39.4 Å². The first-order chi connectivity index (χ1) is 20.4. The predicted molar refractivity (Wildman–Crippen MR) is 175 cm³/mol. The van der Waals surface area contributed by atoms with Gasteiger partial charge in [-0.2, -0.15) is 0 Å². The van der Waals surface area contributed by atoms with Gasteiger partial charge < -0.3 is 9.47 Å². The highest BCUT2D eigenvalue weighted by molar-refractivity contribution is 7.99. The van der Waals surface area contributed by atoms with E-state index in [0.717, 1.165) is 33.1 Å². The van der Waals surface area contributed by atoms with Crippen molar-refractivity contribution in [2.75, 3.05) is 13.2 Å². The second kappa shape index (κ2) is 13.9. The normalized spacial score (nSPS) is 11.7. The van der Waals surface area contributed by atoms with Crippen molar-refractivity contribution in [1.82, 2.24) is 4.98 Å². The standard InChI is InChI=1S/C36H35NO3S2/c1-5-39-34(38)23-40-32-20-19-31(21-25(32)3)41-33(22-27-13-17-29(18-14-27)28-9-7-6-8-10-28)35-26(4)37-36(42-35)30-15-11-24(2)12-16-30/h6-21,33H,5,22-23H2,1-4H3. The second-order valence-electron chi connectivity index (χ2n) is 10.2. The van der Waals surface area contributed by atoms with Crippen LogP contribution in [0.3, 0.4) is 0 Å². The molecule has 0 aliphatic heterocycles. The summed E-state index contributed by atoms with van der Waals surface area (Å²) in [5.41, 5.74) is 8.16. The molecule has 0 saturated carbocycles. The van der Waals surface area contributed by atoms with Gasteiger partial charge in [-0.1, -0.05) is 84.4 Å². The van der Waals surface area contributed by atoms with Gasteiger partial charge in [0.25, 0.3) is 0 Å². The minimum atomic E-state index is -0.362. The van der Waals surface area contributed by atoms with Crippen molar-refractivity contribution in [2.24, 2.45) is 0 Å². The van der Waals surface area contributed by atoms with Crippen LogP contribution in [0, 0.1) is 20.8 Å². The van der Waals surface area contributed by atoms with E-state index in [1.54, 1.807) is 18.3 Å². The van der Waals surface area contributed by atoms with E-state index in [4.69, 9.17) is 14.5 Å². The molecule has 0 fully saturated rings. The molecule has 0 aliphatic rings. The highest BCUT2D eigenvalue weighted by Crippen LogP contribution is 2.44.